The van der Waals surface area contributed by atoms with Crippen molar-refractivity contribution in [2.45, 2.75) is 0 Å². The number of hydrogen-bond acceptors (Lipinski definition) is 3. The Morgan fingerprint density at radius 2 is 1.31 bits per heavy atom. The van der Waals surface area contributed by atoms with E-state index < -0.39 is 0 Å². The third-order valence-corrected chi connectivity index (χ3v) is 1.06. The summed E-state index contributed by atoms with van der Waals surface area (Å²) in [5.41, 5.74) is 0. The van der Waals surface area contributed by atoms with Crippen molar-refractivity contribution in [3.63, 3.8) is 0 Å². The normalized spacial score (nSPS) is 8.15. The van der Waals surface area contributed by atoms with Crippen molar-refractivity contribution in [1.29, 1.82) is 0 Å². The van der Waals surface area contributed by atoms with Gasteiger partial charge in [0, 0.05) is 14.1 Å². The first-order chi connectivity index (χ1) is 6.06. The molecule has 0 atom stereocenters. The molecule has 0 radical (unpaired) electrons. The second-order valence-corrected chi connectivity index (χ2v) is 2.59. The average molecular weight is 183 g/mol. The minimum Gasteiger partial charge on any atom is -0.508 e. The molecule has 0 aliphatic carbocycles. The van der Waals surface area contributed by atoms with Gasteiger partial charge in [0.1, 0.15) is 11.5 Å². The zero-order chi connectivity index (χ0) is 10.3. The van der Waals surface area contributed by atoms with Gasteiger partial charge in [-0.15, -0.1) is 0 Å². The third-order valence-electron chi connectivity index (χ3n) is 1.06. The second kappa shape index (κ2) is 5.88. The number of phenols is 2. The van der Waals surface area contributed by atoms with Crippen molar-refractivity contribution in [3.05, 3.63) is 24.3 Å². The molecule has 0 aliphatic heterocycles. The van der Waals surface area contributed by atoms with E-state index in [2.05, 4.69) is 0 Å². The van der Waals surface area contributed by atoms with Crippen LogP contribution in [-0.2, 0) is 4.79 Å². The molecule has 0 bridgehead atoms. The lowest BCUT2D eigenvalue weighted by atomic mass is 10.3. The highest BCUT2D eigenvalue weighted by Crippen LogP contribution is 2.13. The minimum absolute atomic E-state index is 0.169. The van der Waals surface area contributed by atoms with E-state index in [-0.39, 0.29) is 11.5 Å². The van der Waals surface area contributed by atoms with Crippen molar-refractivity contribution in [2.24, 2.45) is 0 Å². The molecule has 1 rings (SSSR count). The predicted octanol–water partition coefficient (Wildman–Crippen LogP) is 0.802. The molecule has 4 heteroatoms. The molecular weight excluding hydrogens is 170 g/mol. The average Bonchev–Trinajstić information content (AvgIpc) is 2.11. The smallest absolute Gasteiger partial charge is 0.209 e. The number of aromatic hydroxyl groups is 2. The first-order valence-corrected chi connectivity index (χ1v) is 3.66. The van der Waals surface area contributed by atoms with Gasteiger partial charge in [-0.05, 0) is 24.3 Å². The highest BCUT2D eigenvalue weighted by atomic mass is 16.3. The Morgan fingerprint density at radius 3 is 1.46 bits per heavy atom. The lowest BCUT2D eigenvalue weighted by Crippen LogP contribution is -2.06. The van der Waals surface area contributed by atoms with Crippen LogP contribution < -0.4 is 0 Å². The Bertz CT molecular complexity index is 223. The maximum atomic E-state index is 9.43. The van der Waals surface area contributed by atoms with Crippen LogP contribution in [-0.4, -0.2) is 35.6 Å². The van der Waals surface area contributed by atoms with E-state index in [1.54, 1.807) is 14.1 Å². The number of nitrogens with zero attached hydrogens (tertiary/aromatic N) is 1. The molecule has 1 amide bonds. The quantitative estimate of drug-likeness (QED) is 0.500. The van der Waals surface area contributed by atoms with E-state index in [0.29, 0.717) is 0 Å². The van der Waals surface area contributed by atoms with Crippen LogP contribution in [0.4, 0.5) is 0 Å². The van der Waals surface area contributed by atoms with Crippen LogP contribution in [0.3, 0.4) is 0 Å². The van der Waals surface area contributed by atoms with E-state index in [1.807, 2.05) is 0 Å². The lowest BCUT2D eigenvalue weighted by molar-refractivity contribution is -0.115. The summed E-state index contributed by atoms with van der Waals surface area (Å²) in [6.07, 6.45) is 0.750. The van der Waals surface area contributed by atoms with Crippen LogP contribution in [0.1, 0.15) is 0 Å². The summed E-state index contributed by atoms with van der Waals surface area (Å²) < 4.78 is 0. The van der Waals surface area contributed by atoms with E-state index in [0.717, 1.165) is 6.41 Å². The van der Waals surface area contributed by atoms with E-state index in [4.69, 9.17) is 10.2 Å². The maximum absolute atomic E-state index is 9.43. The van der Waals surface area contributed by atoms with Crippen LogP contribution in [0.2, 0.25) is 0 Å². The summed E-state index contributed by atoms with van der Waals surface area (Å²) >= 11 is 0. The van der Waals surface area contributed by atoms with Gasteiger partial charge in [-0.1, -0.05) is 0 Å². The molecule has 72 valence electrons. The monoisotopic (exact) mass is 183 g/mol. The molecule has 0 unspecified atom stereocenters. The number of benzene rings is 1. The van der Waals surface area contributed by atoms with E-state index in [9.17, 15) is 4.79 Å². The Balaban J connectivity index is 0.000000252. The molecule has 2 N–H and O–H groups in total. The molecule has 1 aromatic rings. The Hall–Kier alpha value is -1.71. The molecule has 0 heterocycles. The van der Waals surface area contributed by atoms with Gasteiger partial charge >= 0.3 is 0 Å². The Kier molecular flexibility index (Phi) is 5.11. The standard InChI is InChI=1S/C6H6O2.C3H7NO/c7-5-1-2-6(8)4-3-5;1-4(2)3-5/h1-4,7-8H;3H,1-2H3. The molecule has 13 heavy (non-hydrogen) atoms. The van der Waals surface area contributed by atoms with Crippen molar-refractivity contribution < 1.29 is 15.0 Å². The van der Waals surface area contributed by atoms with Crippen LogP contribution in [0.25, 0.3) is 0 Å². The molecule has 0 aliphatic rings. The molecule has 1 aromatic carbocycles. The van der Waals surface area contributed by atoms with Gasteiger partial charge in [-0.25, -0.2) is 0 Å². The van der Waals surface area contributed by atoms with Crippen molar-refractivity contribution in [1.82, 2.24) is 4.90 Å². The van der Waals surface area contributed by atoms with Gasteiger partial charge in [0.25, 0.3) is 0 Å². The van der Waals surface area contributed by atoms with Crippen molar-refractivity contribution >= 4 is 6.41 Å². The van der Waals surface area contributed by atoms with Crippen LogP contribution in [0, 0.1) is 0 Å². The highest BCUT2D eigenvalue weighted by Gasteiger charge is 1.84. The third kappa shape index (κ3) is 6.68. The Labute approximate surface area is 77.0 Å². The largest absolute Gasteiger partial charge is 0.508 e. The number of carbonyl (C=O) groups excluding carboxylic acids is 1. The molecule has 0 saturated carbocycles. The maximum Gasteiger partial charge on any atom is 0.209 e. The van der Waals surface area contributed by atoms with Crippen molar-refractivity contribution in [2.75, 3.05) is 14.1 Å². The number of phenolic OH excluding ortho intramolecular Hbond substituents is 2. The van der Waals surface area contributed by atoms with Gasteiger partial charge in [0.15, 0.2) is 0 Å². The van der Waals surface area contributed by atoms with E-state index >= 15 is 0 Å². The van der Waals surface area contributed by atoms with Gasteiger partial charge in [-0.3, -0.25) is 4.79 Å². The number of rotatable bonds is 1. The first-order valence-electron chi connectivity index (χ1n) is 3.66. The number of amides is 1. The van der Waals surface area contributed by atoms with Gasteiger partial charge in [0.2, 0.25) is 6.41 Å². The predicted molar refractivity (Wildman–Crippen MR) is 49.5 cm³/mol. The molecule has 0 aromatic heterocycles. The van der Waals surface area contributed by atoms with Gasteiger partial charge in [-0.2, -0.15) is 0 Å². The summed E-state index contributed by atoms with van der Waals surface area (Å²) in [5, 5.41) is 17.3. The van der Waals surface area contributed by atoms with Gasteiger partial charge in [0.05, 0.1) is 0 Å². The second-order valence-electron chi connectivity index (χ2n) is 2.59. The Morgan fingerprint density at radius 1 is 1.08 bits per heavy atom. The fourth-order valence-corrected chi connectivity index (χ4v) is 0.453. The summed E-state index contributed by atoms with van der Waals surface area (Å²) in [4.78, 5) is 10.9. The highest BCUT2D eigenvalue weighted by molar-refractivity contribution is 5.45. The molecule has 0 saturated heterocycles. The SMILES string of the molecule is CN(C)C=O.Oc1ccc(O)cc1. The minimum atomic E-state index is 0.169. The fraction of sp³-hybridized carbons (Fsp3) is 0.222. The summed E-state index contributed by atoms with van der Waals surface area (Å²) in [6.45, 7) is 0. The van der Waals surface area contributed by atoms with Crippen LogP contribution in [0.15, 0.2) is 24.3 Å². The summed E-state index contributed by atoms with van der Waals surface area (Å²) in [7, 11) is 3.38. The first kappa shape index (κ1) is 11.3. The fourth-order valence-electron chi connectivity index (χ4n) is 0.453. The zero-order valence-electron chi connectivity index (χ0n) is 7.64. The topological polar surface area (TPSA) is 60.8 Å². The van der Waals surface area contributed by atoms with Crippen molar-refractivity contribution in [3.8, 4) is 11.5 Å². The van der Waals surface area contributed by atoms with Crippen LogP contribution in [0.5, 0.6) is 11.5 Å². The molecule has 0 spiro atoms. The number of hydrogen-bond donors (Lipinski definition) is 2. The van der Waals surface area contributed by atoms with Crippen LogP contribution >= 0.6 is 0 Å². The lowest BCUT2D eigenvalue weighted by Gasteiger charge is -1.93. The van der Waals surface area contributed by atoms with Gasteiger partial charge < -0.3 is 15.1 Å². The summed E-state index contributed by atoms with van der Waals surface area (Å²) in [5.74, 6) is 0.339. The molecular formula is C9H13NO3. The number of carbonyl (C=O) groups is 1. The molecule has 4 nitrogen and oxygen atoms in total. The summed E-state index contributed by atoms with van der Waals surface area (Å²) in [6, 6.07) is 5.70. The molecule has 0 fully saturated rings. The van der Waals surface area contributed by atoms with E-state index in [1.165, 1.54) is 29.2 Å². The zero-order valence-corrected chi connectivity index (χ0v) is 7.64.